The van der Waals surface area contributed by atoms with Gasteiger partial charge >= 0.3 is 5.97 Å². The maximum atomic E-state index is 12.4. The third kappa shape index (κ3) is 3.85. The Bertz CT molecular complexity index is 645. The van der Waals surface area contributed by atoms with Crippen molar-refractivity contribution in [2.45, 2.75) is 31.2 Å². The van der Waals surface area contributed by atoms with E-state index in [1.165, 1.54) is 0 Å². The van der Waals surface area contributed by atoms with Crippen molar-refractivity contribution in [3.8, 4) is 0 Å². The summed E-state index contributed by atoms with van der Waals surface area (Å²) >= 11 is 11.9. The van der Waals surface area contributed by atoms with Gasteiger partial charge in [0.1, 0.15) is 6.04 Å². The first kappa shape index (κ1) is 17.5. The standard InChI is InChI=1S/C17H19Cl2NO4/c18-13-4-3-9(6-14(13)19)11-7-12(11)16(21)20-15(17(22)23)10-2-1-5-24-8-10/h3-4,6,10-12,15H,1-2,5,7-8H2,(H,20,21)(H,22,23). The molecule has 4 unspecified atom stereocenters. The average Bonchev–Trinajstić information content (AvgIpc) is 3.36. The fraction of sp³-hybridized carbons (Fsp3) is 0.529. The molecule has 0 spiro atoms. The van der Waals surface area contributed by atoms with E-state index in [1.807, 2.05) is 6.07 Å². The van der Waals surface area contributed by atoms with Crippen LogP contribution >= 0.6 is 23.2 Å². The third-order valence-electron chi connectivity index (χ3n) is 4.73. The topological polar surface area (TPSA) is 75.6 Å². The van der Waals surface area contributed by atoms with Crippen molar-refractivity contribution in [3.05, 3.63) is 33.8 Å². The summed E-state index contributed by atoms with van der Waals surface area (Å²) in [5, 5.41) is 13.1. The van der Waals surface area contributed by atoms with Gasteiger partial charge in [-0.2, -0.15) is 0 Å². The van der Waals surface area contributed by atoms with E-state index in [0.717, 1.165) is 18.4 Å². The minimum absolute atomic E-state index is 0.0665. The number of hydrogen-bond donors (Lipinski definition) is 2. The van der Waals surface area contributed by atoms with E-state index in [9.17, 15) is 14.7 Å². The van der Waals surface area contributed by atoms with Gasteiger partial charge in [0, 0.05) is 18.4 Å². The molecule has 1 saturated carbocycles. The molecule has 130 valence electrons. The first-order valence-corrected chi connectivity index (χ1v) is 8.79. The highest BCUT2D eigenvalue weighted by atomic mass is 35.5. The molecule has 1 amide bonds. The van der Waals surface area contributed by atoms with Crippen LogP contribution in [0.1, 0.15) is 30.7 Å². The molecule has 1 aliphatic carbocycles. The molecule has 1 aliphatic heterocycles. The van der Waals surface area contributed by atoms with E-state index in [2.05, 4.69) is 5.32 Å². The summed E-state index contributed by atoms with van der Waals surface area (Å²) in [4.78, 5) is 23.9. The third-order valence-corrected chi connectivity index (χ3v) is 5.47. The molecular formula is C17H19Cl2NO4. The van der Waals surface area contributed by atoms with Gasteiger partial charge in [-0.25, -0.2) is 4.79 Å². The van der Waals surface area contributed by atoms with Gasteiger partial charge in [-0.05, 0) is 42.9 Å². The number of halogens is 2. The van der Waals surface area contributed by atoms with E-state index >= 15 is 0 Å². The first-order valence-electron chi connectivity index (χ1n) is 8.03. The second kappa shape index (κ2) is 7.30. The number of benzene rings is 1. The molecule has 1 aromatic carbocycles. The fourth-order valence-electron chi connectivity index (χ4n) is 3.27. The summed E-state index contributed by atoms with van der Waals surface area (Å²) in [5.41, 5.74) is 0.956. The lowest BCUT2D eigenvalue weighted by molar-refractivity contribution is -0.145. The van der Waals surface area contributed by atoms with E-state index in [4.69, 9.17) is 27.9 Å². The van der Waals surface area contributed by atoms with Crippen LogP contribution in [0.25, 0.3) is 0 Å². The molecule has 24 heavy (non-hydrogen) atoms. The number of carboxylic acid groups (broad SMARTS) is 1. The molecule has 3 rings (SSSR count). The lowest BCUT2D eigenvalue weighted by Gasteiger charge is -2.28. The lowest BCUT2D eigenvalue weighted by atomic mass is 9.93. The van der Waals surface area contributed by atoms with E-state index in [-0.39, 0.29) is 23.7 Å². The Balaban J connectivity index is 1.62. The summed E-state index contributed by atoms with van der Waals surface area (Å²) in [7, 11) is 0. The van der Waals surface area contributed by atoms with Crippen LogP contribution in [0.2, 0.25) is 10.0 Å². The van der Waals surface area contributed by atoms with Gasteiger partial charge in [0.05, 0.1) is 16.7 Å². The first-order chi connectivity index (χ1) is 11.5. The minimum Gasteiger partial charge on any atom is -0.480 e. The second-order valence-electron chi connectivity index (χ2n) is 6.42. The maximum Gasteiger partial charge on any atom is 0.326 e. The molecule has 7 heteroatoms. The molecule has 2 aliphatic rings. The van der Waals surface area contributed by atoms with Crippen LogP contribution in [0, 0.1) is 11.8 Å². The number of nitrogens with one attached hydrogen (secondary N) is 1. The molecule has 2 N–H and O–H groups in total. The SMILES string of the molecule is O=C(NC(C(=O)O)C1CCCOC1)C1CC1c1ccc(Cl)c(Cl)c1. The Morgan fingerprint density at radius 1 is 1.29 bits per heavy atom. The van der Waals surface area contributed by atoms with Gasteiger partial charge in [0.25, 0.3) is 0 Å². The summed E-state index contributed by atoms with van der Waals surface area (Å²) in [5.74, 6) is -1.55. The van der Waals surface area contributed by atoms with Gasteiger partial charge in [-0.1, -0.05) is 29.3 Å². The molecule has 0 bridgehead atoms. The smallest absolute Gasteiger partial charge is 0.326 e. The number of amides is 1. The quantitative estimate of drug-likeness (QED) is 0.833. The molecule has 1 aromatic rings. The number of hydrogen-bond acceptors (Lipinski definition) is 3. The van der Waals surface area contributed by atoms with Gasteiger partial charge in [0.2, 0.25) is 5.91 Å². The second-order valence-corrected chi connectivity index (χ2v) is 7.24. The van der Waals surface area contributed by atoms with Crippen molar-refractivity contribution in [1.29, 1.82) is 0 Å². The highest BCUT2D eigenvalue weighted by Crippen LogP contribution is 2.48. The Labute approximate surface area is 150 Å². The lowest BCUT2D eigenvalue weighted by Crippen LogP contribution is -2.49. The van der Waals surface area contributed by atoms with Crippen molar-refractivity contribution in [1.82, 2.24) is 5.32 Å². The number of carboxylic acids is 1. The molecular weight excluding hydrogens is 353 g/mol. The van der Waals surface area contributed by atoms with Crippen LogP contribution in [-0.2, 0) is 14.3 Å². The Kier molecular flexibility index (Phi) is 5.33. The number of aliphatic carboxylic acids is 1. The Hall–Kier alpha value is -1.30. The van der Waals surface area contributed by atoms with E-state index in [0.29, 0.717) is 29.7 Å². The zero-order valence-corrected chi connectivity index (χ0v) is 14.5. The minimum atomic E-state index is -1.01. The highest BCUT2D eigenvalue weighted by molar-refractivity contribution is 6.42. The number of carbonyl (C=O) groups is 2. The molecule has 4 atom stereocenters. The van der Waals surface area contributed by atoms with Crippen LogP contribution in [0.4, 0.5) is 0 Å². The zero-order chi connectivity index (χ0) is 17.3. The largest absolute Gasteiger partial charge is 0.480 e. The highest BCUT2D eigenvalue weighted by Gasteiger charge is 2.45. The predicted octanol–water partition coefficient (Wildman–Crippen LogP) is 3.09. The molecule has 5 nitrogen and oxygen atoms in total. The number of rotatable bonds is 5. The van der Waals surface area contributed by atoms with Gasteiger partial charge < -0.3 is 15.2 Å². The van der Waals surface area contributed by atoms with Crippen molar-refractivity contribution >= 4 is 35.1 Å². The van der Waals surface area contributed by atoms with Crippen LogP contribution in [-0.4, -0.2) is 36.2 Å². The summed E-state index contributed by atoms with van der Waals surface area (Å²) in [6.45, 7) is 1.02. The van der Waals surface area contributed by atoms with Crippen LogP contribution < -0.4 is 5.32 Å². The molecule has 0 radical (unpaired) electrons. The molecule has 2 fully saturated rings. The number of ether oxygens (including phenoxy) is 1. The summed E-state index contributed by atoms with van der Waals surface area (Å²) in [6.07, 6.45) is 2.26. The molecule has 1 saturated heterocycles. The van der Waals surface area contributed by atoms with Crippen LogP contribution in [0.15, 0.2) is 18.2 Å². The monoisotopic (exact) mass is 371 g/mol. The summed E-state index contributed by atoms with van der Waals surface area (Å²) in [6, 6.07) is 4.45. The Morgan fingerprint density at radius 2 is 2.08 bits per heavy atom. The van der Waals surface area contributed by atoms with Gasteiger partial charge in [-0.15, -0.1) is 0 Å². The van der Waals surface area contributed by atoms with Crippen LogP contribution in [0.3, 0.4) is 0 Å². The van der Waals surface area contributed by atoms with Crippen molar-refractivity contribution in [2.75, 3.05) is 13.2 Å². The zero-order valence-electron chi connectivity index (χ0n) is 13.0. The van der Waals surface area contributed by atoms with Crippen LogP contribution in [0.5, 0.6) is 0 Å². The average molecular weight is 372 g/mol. The molecule has 0 aromatic heterocycles. The maximum absolute atomic E-state index is 12.4. The predicted molar refractivity (Wildman–Crippen MR) is 90.4 cm³/mol. The van der Waals surface area contributed by atoms with Crippen molar-refractivity contribution in [3.63, 3.8) is 0 Å². The molecule has 1 heterocycles. The number of carbonyl (C=O) groups excluding carboxylic acids is 1. The van der Waals surface area contributed by atoms with E-state index in [1.54, 1.807) is 12.1 Å². The van der Waals surface area contributed by atoms with E-state index < -0.39 is 12.0 Å². The van der Waals surface area contributed by atoms with Crippen molar-refractivity contribution < 1.29 is 19.4 Å². The fourth-order valence-corrected chi connectivity index (χ4v) is 3.57. The normalized spacial score (nSPS) is 27.3. The van der Waals surface area contributed by atoms with Crippen molar-refractivity contribution in [2.24, 2.45) is 11.8 Å². The van der Waals surface area contributed by atoms with Gasteiger partial charge in [0.15, 0.2) is 0 Å². The summed E-state index contributed by atoms with van der Waals surface area (Å²) < 4.78 is 5.34. The van der Waals surface area contributed by atoms with Gasteiger partial charge in [-0.3, -0.25) is 4.79 Å². The Morgan fingerprint density at radius 3 is 2.71 bits per heavy atom.